The molecular weight excluding hydrogens is 218 g/mol. The lowest BCUT2D eigenvalue weighted by Gasteiger charge is -2.10. The number of hydrogen-bond acceptors (Lipinski definition) is 1. The van der Waals surface area contributed by atoms with Crippen LogP contribution in [0.1, 0.15) is 25.0 Å². The van der Waals surface area contributed by atoms with Crippen LogP contribution in [-0.2, 0) is 0 Å². The van der Waals surface area contributed by atoms with Gasteiger partial charge in [0.25, 0.3) is 0 Å². The molecule has 2 aromatic rings. The van der Waals surface area contributed by atoms with Gasteiger partial charge < -0.3 is 0 Å². The molecule has 0 saturated carbocycles. The van der Waals surface area contributed by atoms with Crippen LogP contribution in [-0.4, -0.2) is 0 Å². The minimum Gasteiger partial charge on any atom is -0.192 e. The van der Waals surface area contributed by atoms with Crippen molar-refractivity contribution in [1.29, 1.82) is 5.26 Å². The van der Waals surface area contributed by atoms with E-state index in [2.05, 4.69) is 32.6 Å². The van der Waals surface area contributed by atoms with Gasteiger partial charge in [-0.2, -0.15) is 5.26 Å². The van der Waals surface area contributed by atoms with Crippen molar-refractivity contribution < 1.29 is 0 Å². The van der Waals surface area contributed by atoms with Gasteiger partial charge in [-0.3, -0.25) is 0 Å². The van der Waals surface area contributed by atoms with E-state index in [1.807, 2.05) is 36.4 Å². The van der Waals surface area contributed by atoms with Crippen LogP contribution in [0.4, 0.5) is 0 Å². The predicted molar refractivity (Wildman–Crippen MR) is 77.1 cm³/mol. The summed E-state index contributed by atoms with van der Waals surface area (Å²) in [6.45, 7) is 7.95. The van der Waals surface area contributed by atoms with Gasteiger partial charge >= 0.3 is 0 Å². The van der Waals surface area contributed by atoms with Gasteiger partial charge in [0.05, 0.1) is 11.6 Å². The van der Waals surface area contributed by atoms with Crippen molar-refractivity contribution in [2.75, 3.05) is 0 Å². The lowest BCUT2D eigenvalue weighted by atomic mass is 9.94. The van der Waals surface area contributed by atoms with Crippen LogP contribution in [0.3, 0.4) is 0 Å². The van der Waals surface area contributed by atoms with Gasteiger partial charge in [-0.25, -0.2) is 0 Å². The van der Waals surface area contributed by atoms with Gasteiger partial charge in [0.15, 0.2) is 0 Å². The van der Waals surface area contributed by atoms with E-state index in [1.165, 1.54) is 11.1 Å². The lowest BCUT2D eigenvalue weighted by Crippen LogP contribution is -1.88. The number of nitriles is 1. The van der Waals surface area contributed by atoms with Crippen LogP contribution >= 0.6 is 0 Å². The minimum atomic E-state index is 0.721. The van der Waals surface area contributed by atoms with Crippen molar-refractivity contribution in [2.24, 2.45) is 0 Å². The Kier molecular flexibility index (Phi) is 3.30. The van der Waals surface area contributed by atoms with Crippen LogP contribution in [0, 0.1) is 11.3 Å². The Morgan fingerprint density at radius 2 is 1.78 bits per heavy atom. The molecule has 0 amide bonds. The number of hydrogen-bond donors (Lipinski definition) is 0. The van der Waals surface area contributed by atoms with E-state index in [0.717, 1.165) is 21.9 Å². The molecule has 2 rings (SSSR count). The molecule has 0 unspecified atom stereocenters. The molecule has 0 aliphatic carbocycles. The fourth-order valence-corrected chi connectivity index (χ4v) is 2.09. The molecular formula is C17H15N. The molecule has 0 aliphatic rings. The highest BCUT2D eigenvalue weighted by molar-refractivity contribution is 5.97. The van der Waals surface area contributed by atoms with Gasteiger partial charge in [-0.15, -0.1) is 0 Å². The molecule has 0 bridgehead atoms. The minimum absolute atomic E-state index is 0.721. The number of benzene rings is 2. The first kappa shape index (κ1) is 12.1. The Hall–Kier alpha value is -2.33. The van der Waals surface area contributed by atoms with Crippen LogP contribution in [0.5, 0.6) is 0 Å². The van der Waals surface area contributed by atoms with Crippen LogP contribution in [0.2, 0.25) is 0 Å². The van der Waals surface area contributed by atoms with Gasteiger partial charge in [0.2, 0.25) is 0 Å². The summed E-state index contributed by atoms with van der Waals surface area (Å²) in [7, 11) is 0. The average Bonchev–Trinajstić information content (AvgIpc) is 2.44. The topological polar surface area (TPSA) is 23.8 Å². The molecule has 0 N–H and O–H groups in total. The van der Waals surface area contributed by atoms with Crippen molar-refractivity contribution in [3.8, 4) is 6.07 Å². The number of nitrogens with zero attached hydrogens (tertiary/aromatic N) is 1. The summed E-state index contributed by atoms with van der Waals surface area (Å²) in [4.78, 5) is 0. The molecule has 0 fully saturated rings. The average molecular weight is 233 g/mol. The normalized spacial score (nSPS) is 11.8. The molecule has 0 aliphatic heterocycles. The Bertz CT molecular complexity index is 684. The van der Waals surface area contributed by atoms with E-state index in [1.54, 1.807) is 0 Å². The first-order chi connectivity index (χ1) is 8.69. The molecule has 2 aromatic carbocycles. The number of allylic oxidation sites excluding steroid dienone is 3. The maximum Gasteiger partial charge on any atom is 0.0998 e. The SMILES string of the molecule is C=C/C(C)=C(/C)c1ccc(C#N)c2ccccc12. The summed E-state index contributed by atoms with van der Waals surface area (Å²) in [5.41, 5.74) is 4.25. The molecule has 0 radical (unpaired) electrons. The zero-order valence-corrected chi connectivity index (χ0v) is 10.7. The molecule has 0 aromatic heterocycles. The van der Waals surface area contributed by atoms with Crippen molar-refractivity contribution in [2.45, 2.75) is 13.8 Å². The molecule has 0 saturated heterocycles. The highest BCUT2D eigenvalue weighted by atomic mass is 14.2. The summed E-state index contributed by atoms with van der Waals surface area (Å²) in [6, 6.07) is 14.2. The highest BCUT2D eigenvalue weighted by Crippen LogP contribution is 2.29. The first-order valence-electron chi connectivity index (χ1n) is 5.91. The van der Waals surface area contributed by atoms with Gasteiger partial charge in [-0.05, 0) is 42.0 Å². The highest BCUT2D eigenvalue weighted by Gasteiger charge is 2.07. The number of rotatable bonds is 2. The molecule has 0 spiro atoms. The second-order valence-electron chi connectivity index (χ2n) is 4.33. The summed E-state index contributed by atoms with van der Waals surface area (Å²) < 4.78 is 0. The molecule has 0 heterocycles. The Morgan fingerprint density at radius 1 is 1.11 bits per heavy atom. The maximum absolute atomic E-state index is 9.14. The number of fused-ring (bicyclic) bond motifs is 1. The van der Waals surface area contributed by atoms with Gasteiger partial charge in [-0.1, -0.05) is 43.0 Å². The third kappa shape index (κ3) is 1.94. The fourth-order valence-electron chi connectivity index (χ4n) is 2.09. The van der Waals surface area contributed by atoms with Crippen molar-refractivity contribution >= 4 is 16.3 Å². The molecule has 18 heavy (non-hydrogen) atoms. The van der Waals surface area contributed by atoms with Gasteiger partial charge in [0.1, 0.15) is 0 Å². The predicted octanol–water partition coefficient (Wildman–Crippen LogP) is 4.69. The first-order valence-corrected chi connectivity index (χ1v) is 5.91. The summed E-state index contributed by atoms with van der Waals surface area (Å²) in [5, 5.41) is 11.3. The second kappa shape index (κ2) is 4.89. The third-order valence-corrected chi connectivity index (χ3v) is 3.35. The Balaban J connectivity index is 2.84. The fraction of sp³-hybridized carbons (Fsp3) is 0.118. The Morgan fingerprint density at radius 3 is 2.39 bits per heavy atom. The third-order valence-electron chi connectivity index (χ3n) is 3.35. The van der Waals surface area contributed by atoms with Crippen LogP contribution in [0.15, 0.2) is 54.6 Å². The van der Waals surface area contributed by atoms with Crippen LogP contribution in [0.25, 0.3) is 16.3 Å². The van der Waals surface area contributed by atoms with Gasteiger partial charge in [0, 0.05) is 5.39 Å². The van der Waals surface area contributed by atoms with Crippen molar-refractivity contribution in [3.05, 3.63) is 65.8 Å². The lowest BCUT2D eigenvalue weighted by molar-refractivity contribution is 1.47. The van der Waals surface area contributed by atoms with Crippen LogP contribution < -0.4 is 0 Å². The zero-order valence-electron chi connectivity index (χ0n) is 10.7. The van der Waals surface area contributed by atoms with E-state index in [4.69, 9.17) is 5.26 Å². The van der Waals surface area contributed by atoms with Crippen molar-refractivity contribution in [3.63, 3.8) is 0 Å². The summed E-state index contributed by atoms with van der Waals surface area (Å²) >= 11 is 0. The van der Waals surface area contributed by atoms with E-state index in [-0.39, 0.29) is 0 Å². The van der Waals surface area contributed by atoms with Crippen molar-refractivity contribution in [1.82, 2.24) is 0 Å². The molecule has 0 atom stereocenters. The zero-order chi connectivity index (χ0) is 13.1. The molecule has 88 valence electrons. The summed E-state index contributed by atoms with van der Waals surface area (Å²) in [5.74, 6) is 0. The van der Waals surface area contributed by atoms with E-state index >= 15 is 0 Å². The summed E-state index contributed by atoms with van der Waals surface area (Å²) in [6.07, 6.45) is 1.86. The standard InChI is InChI=1S/C17H15N/c1-4-12(2)13(3)15-10-9-14(11-18)16-7-5-6-8-17(15)16/h4-10H,1H2,2-3H3/b13-12-. The monoisotopic (exact) mass is 233 g/mol. The van der Waals surface area contributed by atoms with E-state index in [0.29, 0.717) is 0 Å². The smallest absolute Gasteiger partial charge is 0.0998 e. The quantitative estimate of drug-likeness (QED) is 0.690. The van der Waals surface area contributed by atoms with E-state index < -0.39 is 0 Å². The Labute approximate surface area is 108 Å². The molecule has 1 nitrogen and oxygen atoms in total. The second-order valence-corrected chi connectivity index (χ2v) is 4.33. The van der Waals surface area contributed by atoms with E-state index in [9.17, 15) is 0 Å². The molecule has 1 heteroatoms. The largest absolute Gasteiger partial charge is 0.192 e. The maximum atomic E-state index is 9.14.